The highest BCUT2D eigenvalue weighted by Crippen LogP contribution is 2.28. The van der Waals surface area contributed by atoms with Gasteiger partial charge in [-0.05, 0) is 38.0 Å². The fraction of sp³-hybridized carbons (Fsp3) is 0.467. The van der Waals surface area contributed by atoms with Crippen LogP contribution in [0.15, 0.2) is 29.2 Å². The minimum atomic E-state index is -0.317. The van der Waals surface area contributed by atoms with E-state index in [9.17, 15) is 9.59 Å². The normalized spacial score (nSPS) is 20.1. The van der Waals surface area contributed by atoms with E-state index in [1.165, 1.54) is 11.8 Å². The lowest BCUT2D eigenvalue weighted by Gasteiger charge is -2.32. The van der Waals surface area contributed by atoms with Crippen molar-refractivity contribution >= 4 is 35.2 Å². The van der Waals surface area contributed by atoms with Crippen LogP contribution in [0, 0.1) is 5.92 Å². The van der Waals surface area contributed by atoms with Crippen LogP contribution >= 0.6 is 23.4 Å². The van der Waals surface area contributed by atoms with Crippen LogP contribution in [0.5, 0.6) is 0 Å². The Bertz CT molecular complexity index is 538. The maximum absolute atomic E-state index is 12.5. The van der Waals surface area contributed by atoms with E-state index in [1.807, 2.05) is 25.1 Å². The van der Waals surface area contributed by atoms with Crippen molar-refractivity contribution in [2.75, 3.05) is 13.1 Å². The summed E-state index contributed by atoms with van der Waals surface area (Å²) in [6, 6.07) is 7.45. The number of piperidine rings is 1. The van der Waals surface area contributed by atoms with Gasteiger partial charge in [-0.2, -0.15) is 0 Å². The van der Waals surface area contributed by atoms with Crippen LogP contribution in [-0.4, -0.2) is 35.1 Å². The van der Waals surface area contributed by atoms with Gasteiger partial charge in [0.05, 0.1) is 11.2 Å². The highest BCUT2D eigenvalue weighted by Gasteiger charge is 2.29. The van der Waals surface area contributed by atoms with Gasteiger partial charge in [-0.15, -0.1) is 11.8 Å². The highest BCUT2D eigenvalue weighted by molar-refractivity contribution is 8.00. The third kappa shape index (κ3) is 4.38. The molecule has 0 saturated carbocycles. The Morgan fingerprint density at radius 3 is 2.90 bits per heavy atom. The number of benzene rings is 1. The summed E-state index contributed by atoms with van der Waals surface area (Å²) in [5.74, 6) is -0.486. The van der Waals surface area contributed by atoms with Crippen LogP contribution < -0.4 is 5.73 Å². The van der Waals surface area contributed by atoms with Crippen LogP contribution in [0.1, 0.15) is 19.8 Å². The number of hydrogen-bond donors (Lipinski definition) is 1. The molecule has 0 spiro atoms. The Balaban J connectivity index is 1.97. The van der Waals surface area contributed by atoms with Gasteiger partial charge < -0.3 is 10.6 Å². The summed E-state index contributed by atoms with van der Waals surface area (Å²) in [6.07, 6.45) is 1.60. The molecular formula is C15H19ClN2O2S. The molecule has 1 aliphatic heterocycles. The molecule has 0 bridgehead atoms. The summed E-state index contributed by atoms with van der Waals surface area (Å²) in [6.45, 7) is 3.01. The Kier molecular flexibility index (Phi) is 5.53. The topological polar surface area (TPSA) is 63.4 Å². The minimum Gasteiger partial charge on any atom is -0.369 e. The Labute approximate surface area is 134 Å². The molecule has 1 aliphatic rings. The summed E-state index contributed by atoms with van der Waals surface area (Å²) in [4.78, 5) is 26.5. The van der Waals surface area contributed by atoms with Gasteiger partial charge in [-0.25, -0.2) is 0 Å². The summed E-state index contributed by atoms with van der Waals surface area (Å²) >= 11 is 7.43. The smallest absolute Gasteiger partial charge is 0.235 e. The first-order valence-electron chi connectivity index (χ1n) is 6.97. The van der Waals surface area contributed by atoms with Crippen LogP contribution in [0.25, 0.3) is 0 Å². The van der Waals surface area contributed by atoms with E-state index in [1.54, 1.807) is 11.0 Å². The molecule has 0 aromatic heterocycles. The number of nitrogens with zero attached hydrogens (tertiary/aromatic N) is 1. The van der Waals surface area contributed by atoms with Gasteiger partial charge in [0.1, 0.15) is 0 Å². The summed E-state index contributed by atoms with van der Waals surface area (Å²) < 4.78 is 0. The first-order chi connectivity index (χ1) is 9.97. The van der Waals surface area contributed by atoms with E-state index >= 15 is 0 Å². The van der Waals surface area contributed by atoms with Gasteiger partial charge in [0.2, 0.25) is 11.8 Å². The van der Waals surface area contributed by atoms with E-state index in [4.69, 9.17) is 17.3 Å². The standard InChI is InChI=1S/C15H19ClN2O2S/c1-10(21-13-6-2-5-12(16)8-13)15(20)18-7-3-4-11(9-18)14(17)19/h2,5-6,8,10-11H,3-4,7,9H2,1H3,(H2,17,19)/t10-,11+/m0/s1. The van der Waals surface area contributed by atoms with Crippen molar-refractivity contribution in [3.8, 4) is 0 Å². The average Bonchev–Trinajstić information content (AvgIpc) is 2.46. The van der Waals surface area contributed by atoms with Gasteiger partial charge in [-0.3, -0.25) is 9.59 Å². The number of carbonyl (C=O) groups excluding carboxylic acids is 2. The lowest BCUT2D eigenvalue weighted by molar-refractivity contribution is -0.134. The van der Waals surface area contributed by atoms with Crippen LogP contribution in [0.2, 0.25) is 5.02 Å². The third-order valence-corrected chi connectivity index (χ3v) is 4.91. The van der Waals surface area contributed by atoms with Crippen molar-refractivity contribution < 1.29 is 9.59 Å². The fourth-order valence-electron chi connectivity index (χ4n) is 2.46. The maximum Gasteiger partial charge on any atom is 0.235 e. The predicted octanol–water partition coefficient (Wildman–Crippen LogP) is 2.54. The summed E-state index contributed by atoms with van der Waals surface area (Å²) in [7, 11) is 0. The van der Waals surface area contributed by atoms with Crippen molar-refractivity contribution in [3.63, 3.8) is 0 Å². The minimum absolute atomic E-state index is 0.0472. The molecule has 4 nitrogen and oxygen atoms in total. The summed E-state index contributed by atoms with van der Waals surface area (Å²) in [5.41, 5.74) is 5.35. The highest BCUT2D eigenvalue weighted by atomic mass is 35.5. The van der Waals surface area contributed by atoms with E-state index in [0.29, 0.717) is 18.1 Å². The largest absolute Gasteiger partial charge is 0.369 e. The second-order valence-electron chi connectivity index (χ2n) is 5.24. The second-order valence-corrected chi connectivity index (χ2v) is 7.09. The van der Waals surface area contributed by atoms with Gasteiger partial charge >= 0.3 is 0 Å². The van der Waals surface area contributed by atoms with Gasteiger partial charge in [0, 0.05) is 23.0 Å². The molecule has 6 heteroatoms. The number of primary amides is 1. The van der Waals surface area contributed by atoms with Crippen LogP contribution in [0.4, 0.5) is 0 Å². The number of nitrogens with two attached hydrogens (primary N) is 1. The first-order valence-corrected chi connectivity index (χ1v) is 8.23. The number of halogens is 1. The second kappa shape index (κ2) is 7.18. The molecule has 2 rings (SSSR count). The molecule has 0 radical (unpaired) electrons. The quantitative estimate of drug-likeness (QED) is 0.865. The maximum atomic E-state index is 12.5. The molecule has 0 aliphatic carbocycles. The monoisotopic (exact) mass is 326 g/mol. The number of amides is 2. The first kappa shape index (κ1) is 16.2. The average molecular weight is 327 g/mol. The zero-order valence-electron chi connectivity index (χ0n) is 11.9. The zero-order valence-corrected chi connectivity index (χ0v) is 13.5. The molecule has 2 amide bonds. The Morgan fingerprint density at radius 2 is 2.24 bits per heavy atom. The van der Waals surface area contributed by atoms with E-state index in [2.05, 4.69) is 0 Å². The van der Waals surface area contributed by atoms with Crippen molar-refractivity contribution in [1.29, 1.82) is 0 Å². The fourth-order valence-corrected chi connectivity index (χ4v) is 3.73. The molecule has 1 fully saturated rings. The molecule has 1 aromatic carbocycles. The van der Waals surface area contributed by atoms with E-state index in [-0.39, 0.29) is 23.0 Å². The van der Waals surface area contributed by atoms with E-state index < -0.39 is 0 Å². The molecule has 2 atom stereocenters. The van der Waals surface area contributed by atoms with Crippen molar-refractivity contribution in [1.82, 2.24) is 4.90 Å². The Morgan fingerprint density at radius 1 is 1.48 bits per heavy atom. The number of hydrogen-bond acceptors (Lipinski definition) is 3. The molecular weight excluding hydrogens is 308 g/mol. The number of carbonyl (C=O) groups is 2. The summed E-state index contributed by atoms with van der Waals surface area (Å²) in [5, 5.41) is 0.446. The molecule has 1 saturated heterocycles. The van der Waals surface area contributed by atoms with Gasteiger partial charge in [-0.1, -0.05) is 17.7 Å². The van der Waals surface area contributed by atoms with Crippen molar-refractivity contribution in [2.45, 2.75) is 29.9 Å². The predicted molar refractivity (Wildman–Crippen MR) is 85.3 cm³/mol. The van der Waals surface area contributed by atoms with Crippen LogP contribution in [0.3, 0.4) is 0 Å². The zero-order chi connectivity index (χ0) is 15.4. The Hall–Kier alpha value is -1.20. The lowest BCUT2D eigenvalue weighted by Crippen LogP contribution is -2.46. The number of likely N-dealkylation sites (tertiary alicyclic amines) is 1. The number of thioether (sulfide) groups is 1. The molecule has 1 aromatic rings. The molecule has 21 heavy (non-hydrogen) atoms. The van der Waals surface area contributed by atoms with Gasteiger partial charge in [0.25, 0.3) is 0 Å². The van der Waals surface area contributed by atoms with Crippen LogP contribution in [-0.2, 0) is 9.59 Å². The van der Waals surface area contributed by atoms with Gasteiger partial charge in [0.15, 0.2) is 0 Å². The van der Waals surface area contributed by atoms with E-state index in [0.717, 1.165) is 17.7 Å². The SMILES string of the molecule is C[C@H](Sc1cccc(Cl)c1)C(=O)N1CCC[C@@H](C(N)=O)C1. The van der Waals surface area contributed by atoms with Crippen molar-refractivity contribution in [2.24, 2.45) is 11.7 Å². The lowest BCUT2D eigenvalue weighted by atomic mass is 9.97. The molecule has 0 unspecified atom stereocenters. The molecule has 2 N–H and O–H groups in total. The molecule has 1 heterocycles. The van der Waals surface area contributed by atoms with Crippen molar-refractivity contribution in [3.05, 3.63) is 29.3 Å². The molecule has 114 valence electrons. The number of rotatable bonds is 4. The third-order valence-electron chi connectivity index (χ3n) is 3.59.